The summed E-state index contributed by atoms with van der Waals surface area (Å²) >= 11 is 1.41. The Kier molecular flexibility index (Phi) is 8.46. The first-order valence-corrected chi connectivity index (χ1v) is 13.8. The van der Waals surface area contributed by atoms with E-state index >= 15 is 0 Å². The lowest BCUT2D eigenvalue weighted by Gasteiger charge is -2.32. The first kappa shape index (κ1) is 27.7. The highest BCUT2D eigenvalue weighted by molar-refractivity contribution is 8.00. The van der Waals surface area contributed by atoms with Crippen molar-refractivity contribution in [1.29, 1.82) is 0 Å². The first-order valence-electron chi connectivity index (χ1n) is 11.3. The van der Waals surface area contributed by atoms with Crippen LogP contribution in [-0.4, -0.2) is 59.1 Å². The van der Waals surface area contributed by atoms with Gasteiger partial charge in [0.25, 0.3) is 5.91 Å². The van der Waals surface area contributed by atoms with Crippen LogP contribution in [0.3, 0.4) is 0 Å². The third kappa shape index (κ3) is 6.07. The molecule has 0 bridgehead atoms. The molecule has 2 unspecified atom stereocenters. The van der Waals surface area contributed by atoms with E-state index in [0.717, 1.165) is 11.1 Å². The minimum atomic E-state index is -4.05. The highest BCUT2D eigenvalue weighted by Crippen LogP contribution is 2.39. The minimum absolute atomic E-state index is 0.0901. The third-order valence-corrected chi connectivity index (χ3v) is 9.08. The molecular formula is C25H30N4O5S2. The number of hydrogen-bond donors (Lipinski definition) is 3. The zero-order valence-corrected chi connectivity index (χ0v) is 22.2. The summed E-state index contributed by atoms with van der Waals surface area (Å²) in [6.07, 6.45) is -1.71. The van der Waals surface area contributed by atoms with Gasteiger partial charge in [-0.2, -0.15) is 0 Å². The molecule has 1 saturated heterocycles. The van der Waals surface area contributed by atoms with Gasteiger partial charge in [-0.3, -0.25) is 9.59 Å². The molecule has 1 fully saturated rings. The minimum Gasteiger partial charge on any atom is -0.382 e. The van der Waals surface area contributed by atoms with E-state index in [-0.39, 0.29) is 22.4 Å². The van der Waals surface area contributed by atoms with Crippen molar-refractivity contribution in [2.24, 2.45) is 0 Å². The van der Waals surface area contributed by atoms with Gasteiger partial charge in [-0.15, -0.1) is 11.8 Å². The van der Waals surface area contributed by atoms with Gasteiger partial charge in [0.05, 0.1) is 23.4 Å². The van der Waals surface area contributed by atoms with Crippen molar-refractivity contribution in [1.82, 2.24) is 14.9 Å². The van der Waals surface area contributed by atoms with Crippen LogP contribution in [0.4, 0.5) is 5.69 Å². The molecule has 2 aromatic carbocycles. The van der Waals surface area contributed by atoms with Gasteiger partial charge in [-0.1, -0.05) is 48.5 Å². The Morgan fingerprint density at radius 3 is 2.47 bits per heavy atom. The predicted octanol–water partition coefficient (Wildman–Crippen LogP) is 2.57. The van der Waals surface area contributed by atoms with Crippen molar-refractivity contribution < 1.29 is 23.1 Å². The number of carbonyl (C=O) groups is 2. The number of benzene rings is 2. The maximum atomic E-state index is 13.2. The summed E-state index contributed by atoms with van der Waals surface area (Å²) in [7, 11) is -4.05. The van der Waals surface area contributed by atoms with Gasteiger partial charge in [0.15, 0.2) is 5.69 Å². The van der Waals surface area contributed by atoms with Gasteiger partial charge in [0.2, 0.25) is 15.9 Å². The summed E-state index contributed by atoms with van der Waals surface area (Å²) in [5, 5.41) is 13.7. The van der Waals surface area contributed by atoms with Crippen LogP contribution in [0.25, 0.3) is 4.85 Å². The van der Waals surface area contributed by atoms with Gasteiger partial charge in [-0.05, 0) is 38.8 Å². The first-order chi connectivity index (χ1) is 16.9. The van der Waals surface area contributed by atoms with E-state index in [2.05, 4.69) is 14.9 Å². The van der Waals surface area contributed by atoms with E-state index in [1.165, 1.54) is 47.9 Å². The maximum Gasteiger partial charge on any atom is 0.254 e. The molecule has 3 N–H and O–H groups in total. The standard InChI is InChI=1S/C25H30N4O5S2/c1-16-8-6-7-9-18(16)14-27-23(31)22-25(3,4)35-15-29(22)24(32)21(30)17(2)28-36(33,34)20-12-10-19(26-5)11-13-20/h6-13,17,21-22,28,30H,14-15H2,1-4H3,(H,27,31)/t17?,21?,22-/m1/s1. The van der Waals surface area contributed by atoms with Crippen LogP contribution < -0.4 is 10.0 Å². The van der Waals surface area contributed by atoms with Crippen molar-refractivity contribution >= 4 is 39.3 Å². The van der Waals surface area contributed by atoms with Gasteiger partial charge in [0, 0.05) is 11.3 Å². The number of aliphatic hydroxyl groups is 1. The molecular weight excluding hydrogens is 500 g/mol. The number of thioether (sulfide) groups is 1. The normalized spacial score (nSPS) is 18.8. The van der Waals surface area contributed by atoms with Crippen LogP contribution in [0.2, 0.25) is 0 Å². The van der Waals surface area contributed by atoms with Crippen LogP contribution in [0.15, 0.2) is 53.4 Å². The molecule has 1 aliphatic heterocycles. The molecule has 36 heavy (non-hydrogen) atoms. The van der Waals surface area contributed by atoms with Gasteiger partial charge in [-0.25, -0.2) is 18.0 Å². The number of aliphatic hydroxyl groups excluding tert-OH is 1. The average molecular weight is 531 g/mol. The second-order valence-corrected chi connectivity index (χ2v) is 12.5. The molecule has 2 aromatic rings. The van der Waals surface area contributed by atoms with Crippen molar-refractivity contribution in [3.63, 3.8) is 0 Å². The van der Waals surface area contributed by atoms with E-state index in [1.807, 2.05) is 45.0 Å². The van der Waals surface area contributed by atoms with Crippen molar-refractivity contribution in [2.75, 3.05) is 5.88 Å². The molecule has 0 radical (unpaired) electrons. The smallest absolute Gasteiger partial charge is 0.254 e. The Morgan fingerprint density at radius 2 is 1.86 bits per heavy atom. The predicted molar refractivity (Wildman–Crippen MR) is 139 cm³/mol. The number of nitrogens with zero attached hydrogens (tertiary/aromatic N) is 2. The Labute approximate surface area is 216 Å². The van der Waals surface area contributed by atoms with E-state index in [0.29, 0.717) is 6.54 Å². The fourth-order valence-electron chi connectivity index (χ4n) is 3.96. The number of nitrogens with one attached hydrogen (secondary N) is 2. The number of carbonyl (C=O) groups excluding carboxylic acids is 2. The van der Waals surface area contributed by atoms with Crippen molar-refractivity contribution in [3.8, 4) is 0 Å². The number of sulfonamides is 1. The SMILES string of the molecule is [C-]#[N+]c1ccc(S(=O)(=O)NC(C)C(O)C(=O)N2CSC(C)(C)[C@H]2C(=O)NCc2ccccc2C)cc1. The van der Waals surface area contributed by atoms with Crippen LogP contribution in [0.5, 0.6) is 0 Å². The second-order valence-electron chi connectivity index (χ2n) is 9.19. The van der Waals surface area contributed by atoms with E-state index in [1.54, 1.807) is 0 Å². The van der Waals surface area contributed by atoms with Gasteiger partial charge < -0.3 is 15.3 Å². The summed E-state index contributed by atoms with van der Waals surface area (Å²) in [4.78, 5) is 30.9. The Balaban J connectivity index is 1.71. The molecule has 11 heteroatoms. The van der Waals surface area contributed by atoms with Gasteiger partial charge >= 0.3 is 0 Å². The third-order valence-electron chi connectivity index (χ3n) is 6.14. The highest BCUT2D eigenvalue weighted by atomic mass is 32.2. The zero-order chi connectivity index (χ0) is 26.7. The second kappa shape index (κ2) is 11.0. The van der Waals surface area contributed by atoms with Crippen LogP contribution >= 0.6 is 11.8 Å². The summed E-state index contributed by atoms with van der Waals surface area (Å²) in [6, 6.07) is 11.0. The zero-order valence-electron chi connectivity index (χ0n) is 20.6. The molecule has 1 aliphatic rings. The number of hydrogen-bond acceptors (Lipinski definition) is 6. The summed E-state index contributed by atoms with van der Waals surface area (Å²) in [5.74, 6) is -0.896. The molecule has 0 spiro atoms. The highest BCUT2D eigenvalue weighted by Gasteiger charge is 2.49. The average Bonchev–Trinajstić information content (AvgIpc) is 3.17. The summed E-state index contributed by atoms with van der Waals surface area (Å²) in [5.41, 5.74) is 2.28. The molecule has 1 heterocycles. The lowest BCUT2D eigenvalue weighted by atomic mass is 9.99. The number of amides is 2. The summed E-state index contributed by atoms with van der Waals surface area (Å²) in [6.45, 7) is 14.3. The largest absolute Gasteiger partial charge is 0.382 e. The van der Waals surface area contributed by atoms with Crippen LogP contribution in [0, 0.1) is 13.5 Å². The summed E-state index contributed by atoms with van der Waals surface area (Å²) < 4.78 is 27.2. The molecule has 9 nitrogen and oxygen atoms in total. The van der Waals surface area contributed by atoms with Crippen molar-refractivity contribution in [2.45, 2.75) is 62.1 Å². The molecule has 0 aromatic heterocycles. The van der Waals surface area contributed by atoms with E-state index in [9.17, 15) is 23.1 Å². The fraction of sp³-hybridized carbons (Fsp3) is 0.400. The molecule has 192 valence electrons. The van der Waals surface area contributed by atoms with E-state index in [4.69, 9.17) is 6.57 Å². The number of aryl methyl sites for hydroxylation is 1. The number of rotatable bonds is 8. The molecule has 0 aliphatic carbocycles. The lowest BCUT2D eigenvalue weighted by molar-refractivity contribution is -0.146. The Hall–Kier alpha value is -2.91. The van der Waals surface area contributed by atoms with Crippen LogP contribution in [-0.2, 0) is 26.2 Å². The van der Waals surface area contributed by atoms with Gasteiger partial charge in [0.1, 0.15) is 12.1 Å². The Morgan fingerprint density at radius 1 is 1.22 bits per heavy atom. The Bertz CT molecular complexity index is 1270. The molecule has 3 atom stereocenters. The van der Waals surface area contributed by atoms with Crippen LogP contribution in [0.1, 0.15) is 31.9 Å². The lowest BCUT2D eigenvalue weighted by Crippen LogP contribution is -2.57. The maximum absolute atomic E-state index is 13.2. The quantitative estimate of drug-likeness (QED) is 0.451. The topological polar surface area (TPSA) is 120 Å². The molecule has 3 rings (SSSR count). The monoisotopic (exact) mass is 530 g/mol. The van der Waals surface area contributed by atoms with E-state index < -0.39 is 38.9 Å². The molecule has 2 amide bonds. The van der Waals surface area contributed by atoms with Crippen molar-refractivity contribution in [3.05, 3.63) is 71.1 Å². The fourth-order valence-corrected chi connectivity index (χ4v) is 6.35. The molecule has 0 saturated carbocycles.